The Morgan fingerprint density at radius 1 is 1.33 bits per heavy atom. The number of anilines is 1. The second-order valence-corrected chi connectivity index (χ2v) is 19.5. The zero-order valence-corrected chi connectivity index (χ0v) is 21.1. The average molecular weight is 460 g/mol. The summed E-state index contributed by atoms with van der Waals surface area (Å²) in [7, 11) is -2.03. The highest BCUT2D eigenvalue weighted by atomic mass is 31.2. The molecule has 1 fully saturated rings. The molecule has 1 aliphatic rings. The van der Waals surface area contributed by atoms with Gasteiger partial charge in [-0.2, -0.15) is 4.98 Å². The lowest BCUT2D eigenvalue weighted by atomic mass is 10.1. The summed E-state index contributed by atoms with van der Waals surface area (Å²) < 4.78 is 13.3. The van der Waals surface area contributed by atoms with Crippen LogP contribution in [0.5, 0.6) is 0 Å². The number of hydrogen-bond donors (Lipinski definition) is 3. The average Bonchev–Trinajstić information content (AvgIpc) is 2.86. The quantitative estimate of drug-likeness (QED) is 0.422. The van der Waals surface area contributed by atoms with Crippen LogP contribution >= 0.6 is 6.89 Å². The van der Waals surface area contributed by atoms with Crippen LogP contribution in [0.15, 0.2) is 11.0 Å². The number of rotatable bonds is 7. The molecule has 0 aliphatic carbocycles. The van der Waals surface area contributed by atoms with Gasteiger partial charge >= 0.3 is 5.69 Å². The Balaban J connectivity index is 2.24. The molecule has 1 aromatic rings. The summed E-state index contributed by atoms with van der Waals surface area (Å²) in [6.45, 7) is 13.8. The molecule has 10 heteroatoms. The van der Waals surface area contributed by atoms with Crippen LogP contribution in [0.4, 0.5) is 5.82 Å². The molecule has 4 atom stereocenters. The molecule has 2 heterocycles. The molecular formula is C20H38N3O5PSi. The van der Waals surface area contributed by atoms with Gasteiger partial charge in [0, 0.05) is 11.8 Å². The third-order valence-electron chi connectivity index (χ3n) is 6.09. The van der Waals surface area contributed by atoms with E-state index in [2.05, 4.69) is 58.5 Å². The molecule has 0 amide bonds. The second-order valence-electron chi connectivity index (χ2n) is 10.4. The van der Waals surface area contributed by atoms with Gasteiger partial charge in [-0.15, -0.1) is 13.2 Å². The van der Waals surface area contributed by atoms with E-state index in [1.165, 1.54) is 10.8 Å². The van der Waals surface area contributed by atoms with Crippen molar-refractivity contribution in [1.29, 1.82) is 0 Å². The molecule has 1 aromatic heterocycles. The summed E-state index contributed by atoms with van der Waals surface area (Å²) in [5, 5.41) is 21.0. The van der Waals surface area contributed by atoms with Gasteiger partial charge in [-0.25, -0.2) is 4.79 Å². The van der Waals surface area contributed by atoms with Crippen molar-refractivity contribution in [3.63, 3.8) is 0 Å². The molecule has 0 aromatic carbocycles. The molecule has 0 spiro atoms. The highest BCUT2D eigenvalue weighted by Gasteiger charge is 2.44. The van der Waals surface area contributed by atoms with Crippen molar-refractivity contribution in [2.45, 2.75) is 76.5 Å². The van der Waals surface area contributed by atoms with Gasteiger partial charge in [0.25, 0.3) is 0 Å². The Kier molecular flexibility index (Phi) is 7.49. The topological polar surface area (TPSA) is 120 Å². The summed E-state index contributed by atoms with van der Waals surface area (Å²) in [4.78, 5) is 16.4. The van der Waals surface area contributed by atoms with Crippen LogP contribution in [0.1, 0.15) is 39.0 Å². The number of hydrogen-bond acceptors (Lipinski definition) is 7. The van der Waals surface area contributed by atoms with Crippen molar-refractivity contribution in [1.82, 2.24) is 9.55 Å². The Morgan fingerprint density at radius 3 is 2.47 bits per heavy atom. The fourth-order valence-corrected chi connectivity index (χ4v) is 4.87. The van der Waals surface area contributed by atoms with Gasteiger partial charge in [0.05, 0.1) is 12.7 Å². The standard InChI is InChI=1S/C20H38N3O5PSi/c1-20(2,3)30(7,8)27-12-13-11-23(19(26)22-17(13)21)18-16(25)15(24)14(28-18)9-10-29(4,5)6/h11,14-16,18,24-25H,4,9-10,12H2,1-3,5-8H3,(H2,21,22,26)/t14-,15-,16-,18?/m1/s1. The highest BCUT2D eigenvalue weighted by molar-refractivity contribution is 7.72. The van der Waals surface area contributed by atoms with Gasteiger partial charge in [-0.3, -0.25) is 4.57 Å². The maximum atomic E-state index is 12.5. The number of aromatic nitrogens is 2. The number of ether oxygens (including phenoxy) is 1. The van der Waals surface area contributed by atoms with Crippen molar-refractivity contribution < 1.29 is 19.4 Å². The van der Waals surface area contributed by atoms with Crippen LogP contribution in [0.2, 0.25) is 18.1 Å². The Labute approximate surface area is 180 Å². The third kappa shape index (κ3) is 5.84. The normalized spacial score (nSPS) is 25.6. The van der Waals surface area contributed by atoms with Crippen molar-refractivity contribution in [3.05, 3.63) is 22.2 Å². The largest absolute Gasteiger partial charge is 0.412 e. The predicted molar refractivity (Wildman–Crippen MR) is 126 cm³/mol. The van der Waals surface area contributed by atoms with Gasteiger partial charge in [-0.05, 0) is 44.0 Å². The number of aliphatic hydroxyl groups is 2. The van der Waals surface area contributed by atoms with Crippen LogP contribution < -0.4 is 11.4 Å². The van der Waals surface area contributed by atoms with Crippen LogP contribution in [-0.2, 0) is 15.8 Å². The minimum absolute atomic E-state index is 0.0241. The van der Waals surface area contributed by atoms with Crippen LogP contribution in [0.25, 0.3) is 0 Å². The van der Waals surface area contributed by atoms with Gasteiger partial charge in [0.15, 0.2) is 14.5 Å². The fourth-order valence-electron chi connectivity index (χ4n) is 2.96. The first-order valence-electron chi connectivity index (χ1n) is 10.2. The van der Waals surface area contributed by atoms with E-state index in [1.807, 2.05) is 0 Å². The van der Waals surface area contributed by atoms with E-state index >= 15 is 0 Å². The summed E-state index contributed by atoms with van der Waals surface area (Å²) in [5.41, 5.74) is 5.89. The molecular weight excluding hydrogens is 421 g/mol. The second kappa shape index (κ2) is 8.88. The Morgan fingerprint density at radius 2 is 1.93 bits per heavy atom. The summed E-state index contributed by atoms with van der Waals surface area (Å²) in [5.74, 6) is 0.100. The molecule has 1 saturated heterocycles. The molecule has 2 rings (SSSR count). The minimum atomic E-state index is -2.03. The molecule has 1 unspecified atom stereocenters. The summed E-state index contributed by atoms with van der Waals surface area (Å²) >= 11 is 0. The maximum Gasteiger partial charge on any atom is 0.351 e. The molecule has 0 bridgehead atoms. The van der Waals surface area contributed by atoms with Gasteiger partial charge in [0.1, 0.15) is 18.0 Å². The van der Waals surface area contributed by atoms with E-state index in [9.17, 15) is 15.0 Å². The molecule has 4 N–H and O–H groups in total. The van der Waals surface area contributed by atoms with E-state index in [0.29, 0.717) is 12.0 Å². The summed E-state index contributed by atoms with van der Waals surface area (Å²) in [6.07, 6.45) is 3.16. The predicted octanol–water partition coefficient (Wildman–Crippen LogP) is 2.07. The molecule has 1 aliphatic heterocycles. The van der Waals surface area contributed by atoms with Crippen molar-refractivity contribution in [2.24, 2.45) is 0 Å². The Bertz CT molecular complexity index is 861. The first-order valence-corrected chi connectivity index (χ1v) is 16.2. The molecule has 172 valence electrons. The van der Waals surface area contributed by atoms with E-state index < -0.39 is 45.4 Å². The first kappa shape index (κ1) is 25.3. The number of nitrogens with two attached hydrogens (primary N) is 1. The van der Waals surface area contributed by atoms with Crippen molar-refractivity contribution >= 4 is 27.3 Å². The van der Waals surface area contributed by atoms with Crippen molar-refractivity contribution in [2.75, 3.05) is 25.2 Å². The minimum Gasteiger partial charge on any atom is -0.412 e. The number of aliphatic hydroxyl groups excluding tert-OH is 2. The van der Waals surface area contributed by atoms with Gasteiger partial charge in [-0.1, -0.05) is 20.8 Å². The lowest BCUT2D eigenvalue weighted by molar-refractivity contribution is -0.0403. The lowest BCUT2D eigenvalue weighted by Gasteiger charge is -2.36. The van der Waals surface area contributed by atoms with E-state index in [1.54, 1.807) is 0 Å². The van der Waals surface area contributed by atoms with E-state index in [0.717, 1.165) is 6.16 Å². The highest BCUT2D eigenvalue weighted by Crippen LogP contribution is 2.40. The smallest absolute Gasteiger partial charge is 0.351 e. The molecule has 0 radical (unpaired) electrons. The summed E-state index contributed by atoms with van der Waals surface area (Å²) in [6, 6.07) is 0. The maximum absolute atomic E-state index is 12.5. The van der Waals surface area contributed by atoms with Crippen LogP contribution in [-0.4, -0.2) is 72.2 Å². The molecule has 8 nitrogen and oxygen atoms in total. The van der Waals surface area contributed by atoms with Crippen LogP contribution in [0.3, 0.4) is 0 Å². The monoisotopic (exact) mass is 459 g/mol. The zero-order chi connectivity index (χ0) is 23.1. The molecule has 30 heavy (non-hydrogen) atoms. The SMILES string of the molecule is C=P(C)(C)CC[C@H]1OC(n2cc(CO[Si](C)(C)C(C)(C)C)c(N)nc2=O)[C@H](O)[C@@H]1O. The van der Waals surface area contributed by atoms with Crippen LogP contribution in [0, 0.1) is 0 Å². The lowest BCUT2D eigenvalue weighted by Crippen LogP contribution is -2.41. The van der Waals surface area contributed by atoms with E-state index in [-0.39, 0.29) is 17.5 Å². The van der Waals surface area contributed by atoms with Gasteiger partial charge < -0.3 is 25.1 Å². The third-order valence-corrected chi connectivity index (χ3v) is 12.0. The number of nitrogen functional groups attached to an aromatic ring is 1. The Hall–Kier alpha value is -0.963. The van der Waals surface area contributed by atoms with Gasteiger partial charge in [0.2, 0.25) is 0 Å². The zero-order valence-electron chi connectivity index (χ0n) is 19.3. The number of nitrogens with zero attached hydrogens (tertiary/aromatic N) is 2. The molecule has 0 saturated carbocycles. The van der Waals surface area contributed by atoms with Crippen molar-refractivity contribution in [3.8, 4) is 0 Å². The fraction of sp³-hybridized carbons (Fsp3) is 0.750. The first-order chi connectivity index (χ1) is 13.5. The van der Waals surface area contributed by atoms with E-state index in [4.69, 9.17) is 14.9 Å².